The summed E-state index contributed by atoms with van der Waals surface area (Å²) in [7, 11) is 0. The molecule has 148 valence electrons. The third-order valence-corrected chi connectivity index (χ3v) is 4.20. The van der Waals surface area contributed by atoms with Gasteiger partial charge in [0, 0.05) is 22.7 Å². The van der Waals surface area contributed by atoms with Crippen LogP contribution >= 0.6 is 0 Å². The maximum Gasteiger partial charge on any atom is 0.356 e. The summed E-state index contributed by atoms with van der Waals surface area (Å²) in [5.74, 6) is -1.25. The summed E-state index contributed by atoms with van der Waals surface area (Å²) < 4.78 is 5.09. The quantitative estimate of drug-likeness (QED) is 0.472. The van der Waals surface area contributed by atoms with Crippen LogP contribution in [0.15, 0.2) is 60.7 Å². The van der Waals surface area contributed by atoms with Crippen molar-refractivity contribution in [1.82, 2.24) is 10.2 Å². The lowest BCUT2D eigenvalue weighted by Gasteiger charge is -2.08. The Labute approximate surface area is 168 Å². The van der Waals surface area contributed by atoms with Gasteiger partial charge in [-0.15, -0.1) is 0 Å². The van der Waals surface area contributed by atoms with Gasteiger partial charge >= 0.3 is 5.97 Å². The van der Waals surface area contributed by atoms with Gasteiger partial charge in [0.05, 0.1) is 5.69 Å². The second-order valence-electron chi connectivity index (χ2n) is 6.75. The third kappa shape index (κ3) is 5.16. The number of aromatic nitrogens is 2. The third-order valence-electron chi connectivity index (χ3n) is 4.20. The number of carbonyl (C=O) groups is 3. The highest BCUT2D eigenvalue weighted by Gasteiger charge is 2.15. The molecule has 0 radical (unpaired) electrons. The predicted molar refractivity (Wildman–Crippen MR) is 109 cm³/mol. The van der Waals surface area contributed by atoms with Crippen LogP contribution in [-0.2, 0) is 9.53 Å². The highest BCUT2D eigenvalue weighted by molar-refractivity contribution is 6.00. The van der Waals surface area contributed by atoms with Gasteiger partial charge in [0.25, 0.3) is 0 Å². The second-order valence-corrected chi connectivity index (χ2v) is 6.75. The number of ether oxygens (including phenoxy) is 1. The number of esters is 1. The van der Waals surface area contributed by atoms with Crippen LogP contribution < -0.4 is 5.32 Å². The second kappa shape index (κ2) is 8.97. The zero-order valence-corrected chi connectivity index (χ0v) is 16.1. The molecule has 0 aliphatic heterocycles. The summed E-state index contributed by atoms with van der Waals surface area (Å²) in [6.45, 7) is 3.20. The smallest absolute Gasteiger partial charge is 0.356 e. The van der Waals surface area contributed by atoms with Gasteiger partial charge in [0.2, 0.25) is 5.91 Å². The van der Waals surface area contributed by atoms with Gasteiger partial charge in [0.15, 0.2) is 12.4 Å². The molecule has 0 saturated heterocycles. The fourth-order valence-electron chi connectivity index (χ4n) is 2.50. The van der Waals surface area contributed by atoms with E-state index in [9.17, 15) is 14.4 Å². The van der Waals surface area contributed by atoms with Crippen molar-refractivity contribution in [3.63, 3.8) is 0 Å². The summed E-state index contributed by atoms with van der Waals surface area (Å²) in [5.41, 5.74) is 2.63. The number of nitrogens with one attached hydrogen (secondary N) is 2. The van der Waals surface area contributed by atoms with Gasteiger partial charge in [0.1, 0.15) is 5.69 Å². The summed E-state index contributed by atoms with van der Waals surface area (Å²) in [4.78, 5) is 36.1. The van der Waals surface area contributed by atoms with E-state index in [1.165, 1.54) is 0 Å². The number of anilines is 1. The molecule has 2 N–H and O–H groups in total. The van der Waals surface area contributed by atoms with E-state index >= 15 is 0 Å². The molecular weight excluding hydrogens is 370 g/mol. The van der Waals surface area contributed by atoms with Gasteiger partial charge in [-0.05, 0) is 30.3 Å². The standard InChI is InChI=1S/C22H21N3O4/c1-14(2)21(27)23-17-10-8-16(9-11-17)20(26)13-29-22(28)19-12-18(24-25-19)15-6-4-3-5-7-15/h3-12,14H,13H2,1-2H3,(H,23,27)(H,24,25). The van der Waals surface area contributed by atoms with E-state index in [0.717, 1.165) is 5.56 Å². The molecule has 0 fully saturated rings. The highest BCUT2D eigenvalue weighted by atomic mass is 16.5. The number of H-pyrrole nitrogens is 1. The summed E-state index contributed by atoms with van der Waals surface area (Å²) in [5, 5.41) is 9.47. The molecule has 1 heterocycles. The van der Waals surface area contributed by atoms with Crippen LogP contribution in [-0.4, -0.2) is 34.5 Å². The number of Topliss-reactive ketones (excluding diaryl/α,β-unsaturated/α-hetero) is 1. The van der Waals surface area contributed by atoms with Crippen molar-refractivity contribution >= 4 is 23.3 Å². The van der Waals surface area contributed by atoms with Gasteiger partial charge in [-0.25, -0.2) is 4.79 Å². The van der Waals surface area contributed by atoms with Gasteiger partial charge in [-0.1, -0.05) is 44.2 Å². The zero-order valence-electron chi connectivity index (χ0n) is 16.1. The van der Waals surface area contributed by atoms with Gasteiger partial charge in [-0.2, -0.15) is 5.10 Å². The van der Waals surface area contributed by atoms with Crippen LogP contribution in [0.25, 0.3) is 11.3 Å². The Morgan fingerprint density at radius 3 is 2.38 bits per heavy atom. The molecule has 0 aliphatic carbocycles. The first kappa shape index (κ1) is 20.0. The van der Waals surface area contributed by atoms with Crippen LogP contribution in [0.1, 0.15) is 34.7 Å². The van der Waals surface area contributed by atoms with E-state index in [-0.39, 0.29) is 23.3 Å². The van der Waals surface area contributed by atoms with Crippen LogP contribution in [0.4, 0.5) is 5.69 Å². The number of ketones is 1. The minimum absolute atomic E-state index is 0.104. The Bertz CT molecular complexity index is 1010. The first-order valence-corrected chi connectivity index (χ1v) is 9.16. The van der Waals surface area contributed by atoms with E-state index in [1.54, 1.807) is 44.2 Å². The minimum atomic E-state index is -0.658. The van der Waals surface area contributed by atoms with E-state index < -0.39 is 12.6 Å². The molecule has 0 saturated carbocycles. The molecule has 29 heavy (non-hydrogen) atoms. The first-order valence-electron chi connectivity index (χ1n) is 9.16. The fourth-order valence-corrected chi connectivity index (χ4v) is 2.50. The van der Waals surface area contributed by atoms with Crippen LogP contribution in [0.2, 0.25) is 0 Å². The monoisotopic (exact) mass is 391 g/mol. The molecular formula is C22H21N3O4. The van der Waals surface area contributed by atoms with Crippen molar-refractivity contribution in [2.24, 2.45) is 5.92 Å². The molecule has 0 bridgehead atoms. The summed E-state index contributed by atoms with van der Waals surface area (Å²) >= 11 is 0. The summed E-state index contributed by atoms with van der Waals surface area (Å²) in [6, 6.07) is 17.4. The Morgan fingerprint density at radius 2 is 1.72 bits per heavy atom. The van der Waals surface area contributed by atoms with E-state index in [1.807, 2.05) is 30.3 Å². The highest BCUT2D eigenvalue weighted by Crippen LogP contribution is 2.17. The number of rotatable bonds is 7. The van der Waals surface area contributed by atoms with Crippen molar-refractivity contribution in [2.75, 3.05) is 11.9 Å². The molecule has 7 heteroatoms. The van der Waals surface area contributed by atoms with Crippen molar-refractivity contribution in [3.8, 4) is 11.3 Å². The molecule has 1 amide bonds. The topological polar surface area (TPSA) is 101 Å². The molecule has 1 aromatic heterocycles. The average molecular weight is 391 g/mol. The average Bonchev–Trinajstić information content (AvgIpc) is 3.23. The molecule has 2 aromatic carbocycles. The molecule has 3 rings (SSSR count). The van der Waals surface area contributed by atoms with Crippen molar-refractivity contribution in [2.45, 2.75) is 13.8 Å². The number of aromatic amines is 1. The SMILES string of the molecule is CC(C)C(=O)Nc1ccc(C(=O)COC(=O)c2cc(-c3ccccc3)n[nH]2)cc1. The maximum absolute atomic E-state index is 12.3. The van der Waals surface area contributed by atoms with Crippen LogP contribution in [0.3, 0.4) is 0 Å². The number of carbonyl (C=O) groups excluding carboxylic acids is 3. The van der Waals surface area contributed by atoms with Crippen molar-refractivity contribution < 1.29 is 19.1 Å². The molecule has 0 aliphatic rings. The van der Waals surface area contributed by atoms with Gasteiger partial charge < -0.3 is 10.1 Å². The lowest BCUT2D eigenvalue weighted by Crippen LogP contribution is -2.18. The number of hydrogen-bond donors (Lipinski definition) is 2. The summed E-state index contributed by atoms with van der Waals surface area (Å²) in [6.07, 6.45) is 0. The largest absolute Gasteiger partial charge is 0.453 e. The Morgan fingerprint density at radius 1 is 1.03 bits per heavy atom. The fraction of sp³-hybridized carbons (Fsp3) is 0.182. The maximum atomic E-state index is 12.3. The van der Waals surface area contributed by atoms with Gasteiger partial charge in [-0.3, -0.25) is 14.7 Å². The van der Waals surface area contributed by atoms with E-state index in [4.69, 9.17) is 4.74 Å². The number of benzene rings is 2. The molecule has 0 atom stereocenters. The first-order chi connectivity index (χ1) is 13.9. The Balaban J connectivity index is 1.56. The zero-order chi connectivity index (χ0) is 20.8. The normalized spacial score (nSPS) is 10.6. The lowest BCUT2D eigenvalue weighted by molar-refractivity contribution is -0.118. The number of amides is 1. The number of nitrogens with zero attached hydrogens (tertiary/aromatic N) is 1. The predicted octanol–water partition coefficient (Wildman–Crippen LogP) is 3.71. The molecule has 0 spiro atoms. The molecule has 0 unspecified atom stereocenters. The number of hydrogen-bond acceptors (Lipinski definition) is 5. The Hall–Kier alpha value is -3.74. The lowest BCUT2D eigenvalue weighted by atomic mass is 10.1. The van der Waals surface area contributed by atoms with Crippen molar-refractivity contribution in [3.05, 3.63) is 71.9 Å². The van der Waals surface area contributed by atoms with Crippen molar-refractivity contribution in [1.29, 1.82) is 0 Å². The Kier molecular flexibility index (Phi) is 6.19. The van der Waals surface area contributed by atoms with E-state index in [0.29, 0.717) is 16.9 Å². The van der Waals surface area contributed by atoms with Crippen LogP contribution in [0.5, 0.6) is 0 Å². The molecule has 3 aromatic rings. The van der Waals surface area contributed by atoms with E-state index in [2.05, 4.69) is 15.5 Å². The minimum Gasteiger partial charge on any atom is -0.453 e. The molecule has 7 nitrogen and oxygen atoms in total. The van der Waals surface area contributed by atoms with Crippen LogP contribution in [0, 0.1) is 5.92 Å².